The van der Waals surface area contributed by atoms with Crippen molar-refractivity contribution in [1.82, 2.24) is 10.3 Å². The van der Waals surface area contributed by atoms with Gasteiger partial charge in [0.15, 0.2) is 0 Å². The van der Waals surface area contributed by atoms with Gasteiger partial charge in [0.05, 0.1) is 17.3 Å². The summed E-state index contributed by atoms with van der Waals surface area (Å²) >= 11 is 1.69. The van der Waals surface area contributed by atoms with Gasteiger partial charge in [0.2, 0.25) is 0 Å². The first-order valence-corrected chi connectivity index (χ1v) is 5.26. The quantitative estimate of drug-likeness (QED) is 0.735. The van der Waals surface area contributed by atoms with E-state index in [1.54, 1.807) is 18.4 Å². The Morgan fingerprint density at radius 2 is 2.46 bits per heavy atom. The van der Waals surface area contributed by atoms with E-state index in [4.69, 9.17) is 4.74 Å². The van der Waals surface area contributed by atoms with Crippen LogP contribution in [-0.4, -0.2) is 25.2 Å². The molecule has 1 N–H and O–H groups in total. The monoisotopic (exact) mass is 200 g/mol. The van der Waals surface area contributed by atoms with E-state index in [0.717, 1.165) is 23.9 Å². The molecule has 4 heteroatoms. The maximum Gasteiger partial charge on any atom is 0.0898 e. The van der Waals surface area contributed by atoms with Crippen LogP contribution >= 0.6 is 11.3 Å². The highest BCUT2D eigenvalue weighted by molar-refractivity contribution is 7.09. The molecule has 0 bridgehead atoms. The lowest BCUT2D eigenvalue weighted by Gasteiger charge is -2.10. The summed E-state index contributed by atoms with van der Waals surface area (Å²) in [5.74, 6) is 0. The van der Waals surface area contributed by atoms with Crippen molar-refractivity contribution in [2.75, 3.05) is 20.3 Å². The number of hydrogen-bond acceptors (Lipinski definition) is 4. The lowest BCUT2D eigenvalue weighted by Crippen LogP contribution is -2.23. The van der Waals surface area contributed by atoms with Crippen LogP contribution in [0, 0.1) is 6.92 Å². The lowest BCUT2D eigenvalue weighted by molar-refractivity contribution is 0.196. The Balaban J connectivity index is 2.35. The van der Waals surface area contributed by atoms with E-state index in [-0.39, 0.29) is 0 Å². The van der Waals surface area contributed by atoms with E-state index in [2.05, 4.69) is 22.6 Å². The van der Waals surface area contributed by atoms with E-state index < -0.39 is 0 Å². The summed E-state index contributed by atoms with van der Waals surface area (Å²) in [6.07, 6.45) is 0. The van der Waals surface area contributed by atoms with E-state index in [0.29, 0.717) is 6.04 Å². The van der Waals surface area contributed by atoms with Gasteiger partial charge < -0.3 is 10.1 Å². The van der Waals surface area contributed by atoms with Gasteiger partial charge in [-0.15, -0.1) is 11.3 Å². The van der Waals surface area contributed by atoms with Crippen LogP contribution in [-0.2, 0) is 4.74 Å². The zero-order chi connectivity index (χ0) is 9.68. The molecule has 0 fully saturated rings. The Hall–Kier alpha value is -0.450. The van der Waals surface area contributed by atoms with Crippen molar-refractivity contribution < 1.29 is 4.74 Å². The summed E-state index contributed by atoms with van der Waals surface area (Å²) in [7, 11) is 1.71. The number of aromatic nitrogens is 1. The van der Waals surface area contributed by atoms with Gasteiger partial charge in [0, 0.05) is 25.1 Å². The fourth-order valence-corrected chi connectivity index (χ4v) is 1.77. The number of ether oxygens (including phenoxy) is 1. The first-order chi connectivity index (χ1) is 6.24. The zero-order valence-electron chi connectivity index (χ0n) is 8.33. The third-order valence-corrected chi connectivity index (χ3v) is 2.63. The smallest absolute Gasteiger partial charge is 0.0898 e. The van der Waals surface area contributed by atoms with E-state index >= 15 is 0 Å². The average molecular weight is 200 g/mol. The Morgan fingerprint density at radius 3 is 3.00 bits per heavy atom. The summed E-state index contributed by atoms with van der Waals surface area (Å²) in [6, 6.07) is 0.320. The summed E-state index contributed by atoms with van der Waals surface area (Å²) in [6.45, 7) is 5.75. The summed E-state index contributed by atoms with van der Waals surface area (Å²) < 4.78 is 4.95. The van der Waals surface area contributed by atoms with Crippen LogP contribution in [0.2, 0.25) is 0 Å². The van der Waals surface area contributed by atoms with Gasteiger partial charge in [0.25, 0.3) is 0 Å². The van der Waals surface area contributed by atoms with Crippen molar-refractivity contribution in [1.29, 1.82) is 0 Å². The predicted molar refractivity (Wildman–Crippen MR) is 55.1 cm³/mol. The largest absolute Gasteiger partial charge is 0.383 e. The molecule has 13 heavy (non-hydrogen) atoms. The lowest BCUT2D eigenvalue weighted by atomic mass is 10.2. The van der Waals surface area contributed by atoms with Crippen LogP contribution in [0.25, 0.3) is 0 Å². The van der Waals surface area contributed by atoms with Gasteiger partial charge in [-0.25, -0.2) is 4.98 Å². The number of aryl methyl sites for hydroxylation is 1. The molecule has 74 valence electrons. The molecule has 0 saturated heterocycles. The number of thiazole rings is 1. The van der Waals surface area contributed by atoms with Crippen LogP contribution in [0.4, 0.5) is 0 Å². The van der Waals surface area contributed by atoms with Crippen LogP contribution in [0.1, 0.15) is 23.7 Å². The third kappa shape index (κ3) is 3.42. The molecule has 1 aromatic rings. The van der Waals surface area contributed by atoms with Gasteiger partial charge in [-0.2, -0.15) is 0 Å². The predicted octanol–water partition coefficient (Wildman–Crippen LogP) is 1.75. The van der Waals surface area contributed by atoms with E-state index in [9.17, 15) is 0 Å². The molecular formula is C9H16N2OS. The Bertz CT molecular complexity index is 250. The maximum atomic E-state index is 4.95. The van der Waals surface area contributed by atoms with Gasteiger partial charge >= 0.3 is 0 Å². The molecule has 0 aliphatic carbocycles. The molecule has 1 atom stereocenters. The second kappa shape index (κ2) is 5.32. The highest BCUT2D eigenvalue weighted by Crippen LogP contribution is 2.14. The number of nitrogens with one attached hydrogen (secondary N) is 1. The summed E-state index contributed by atoms with van der Waals surface area (Å²) in [4.78, 5) is 4.40. The summed E-state index contributed by atoms with van der Waals surface area (Å²) in [5.41, 5.74) is 1.12. The van der Waals surface area contributed by atoms with Crippen molar-refractivity contribution in [3.8, 4) is 0 Å². The first kappa shape index (κ1) is 10.6. The molecule has 1 heterocycles. The maximum absolute atomic E-state index is 4.95. The highest BCUT2D eigenvalue weighted by Gasteiger charge is 2.06. The minimum atomic E-state index is 0.320. The second-order valence-electron chi connectivity index (χ2n) is 2.96. The Morgan fingerprint density at radius 1 is 1.69 bits per heavy atom. The Kier molecular flexibility index (Phi) is 4.35. The molecule has 0 aliphatic heterocycles. The molecular weight excluding hydrogens is 184 g/mol. The van der Waals surface area contributed by atoms with Gasteiger partial charge in [0.1, 0.15) is 0 Å². The number of nitrogens with zero attached hydrogens (tertiary/aromatic N) is 1. The van der Waals surface area contributed by atoms with Crippen molar-refractivity contribution >= 4 is 11.3 Å². The van der Waals surface area contributed by atoms with Crippen LogP contribution in [0.15, 0.2) is 5.38 Å². The van der Waals surface area contributed by atoms with E-state index in [1.807, 2.05) is 6.92 Å². The Labute approximate surface area is 83.1 Å². The standard InChI is InChI=1S/C9H16N2OS/c1-7(10-4-5-12-3)9-6-13-8(2)11-9/h6-7,10H,4-5H2,1-3H3. The van der Waals surface area contributed by atoms with Crippen LogP contribution < -0.4 is 5.32 Å². The average Bonchev–Trinajstić information content (AvgIpc) is 2.52. The molecule has 1 aromatic heterocycles. The molecule has 1 rings (SSSR count). The van der Waals surface area contributed by atoms with Crippen molar-refractivity contribution in [3.05, 3.63) is 16.1 Å². The zero-order valence-corrected chi connectivity index (χ0v) is 9.15. The molecule has 0 saturated carbocycles. The molecule has 0 spiro atoms. The molecule has 3 nitrogen and oxygen atoms in total. The SMILES string of the molecule is COCCNC(C)c1csc(C)n1. The van der Waals surface area contributed by atoms with Gasteiger partial charge in [-0.3, -0.25) is 0 Å². The molecule has 0 amide bonds. The highest BCUT2D eigenvalue weighted by atomic mass is 32.1. The third-order valence-electron chi connectivity index (χ3n) is 1.84. The molecule has 1 unspecified atom stereocenters. The second-order valence-corrected chi connectivity index (χ2v) is 4.02. The topological polar surface area (TPSA) is 34.1 Å². The van der Waals surface area contributed by atoms with Crippen molar-refractivity contribution in [2.24, 2.45) is 0 Å². The fraction of sp³-hybridized carbons (Fsp3) is 0.667. The normalized spacial score (nSPS) is 13.2. The minimum Gasteiger partial charge on any atom is -0.383 e. The van der Waals surface area contributed by atoms with Gasteiger partial charge in [-0.05, 0) is 13.8 Å². The molecule has 0 aromatic carbocycles. The molecule has 0 radical (unpaired) electrons. The van der Waals surface area contributed by atoms with Crippen molar-refractivity contribution in [2.45, 2.75) is 19.9 Å². The molecule has 0 aliphatic rings. The van der Waals surface area contributed by atoms with E-state index in [1.165, 1.54) is 0 Å². The van der Waals surface area contributed by atoms with Crippen molar-refractivity contribution in [3.63, 3.8) is 0 Å². The minimum absolute atomic E-state index is 0.320. The summed E-state index contributed by atoms with van der Waals surface area (Å²) in [5, 5.41) is 6.55. The fourth-order valence-electron chi connectivity index (χ4n) is 1.06. The number of methoxy groups -OCH3 is 1. The van der Waals surface area contributed by atoms with Crippen LogP contribution in [0.5, 0.6) is 0 Å². The number of hydrogen-bond donors (Lipinski definition) is 1. The van der Waals surface area contributed by atoms with Crippen LogP contribution in [0.3, 0.4) is 0 Å². The number of rotatable bonds is 5. The van der Waals surface area contributed by atoms with Gasteiger partial charge in [-0.1, -0.05) is 0 Å². The first-order valence-electron chi connectivity index (χ1n) is 4.38.